The van der Waals surface area contributed by atoms with Gasteiger partial charge in [-0.15, -0.1) is 0 Å². The number of rotatable bonds is 0. The average Bonchev–Trinajstić information content (AvgIpc) is 2.13. The van der Waals surface area contributed by atoms with Crippen LogP contribution in [0.15, 0.2) is 18.3 Å². The molecule has 13 heavy (non-hydrogen) atoms. The fraction of sp³-hybridized carbons (Fsp3) is 0.455. The van der Waals surface area contributed by atoms with Gasteiger partial charge in [-0.05, 0) is 25.0 Å². The minimum atomic E-state index is -0.198. The lowest BCUT2D eigenvalue weighted by molar-refractivity contribution is 0.0809. The molecule has 0 aliphatic heterocycles. The van der Waals surface area contributed by atoms with Gasteiger partial charge in [0.2, 0.25) is 0 Å². The van der Waals surface area contributed by atoms with E-state index >= 15 is 0 Å². The molecular weight excluding hydrogens is 162 g/mol. The summed E-state index contributed by atoms with van der Waals surface area (Å²) in [5.41, 5.74) is 1.58. The highest BCUT2D eigenvalue weighted by atomic mass is 16.1. The molecule has 2 heteroatoms. The second kappa shape index (κ2) is 2.66. The maximum absolute atomic E-state index is 11.9. The van der Waals surface area contributed by atoms with Crippen molar-refractivity contribution in [2.24, 2.45) is 5.41 Å². The van der Waals surface area contributed by atoms with Crippen LogP contribution in [-0.4, -0.2) is 10.8 Å². The van der Waals surface area contributed by atoms with E-state index in [1.165, 1.54) is 0 Å². The van der Waals surface area contributed by atoms with Gasteiger partial charge in [-0.2, -0.15) is 0 Å². The Balaban J connectivity index is 2.52. The highest BCUT2D eigenvalue weighted by Crippen LogP contribution is 2.33. The molecule has 1 aromatic rings. The molecule has 0 amide bonds. The van der Waals surface area contributed by atoms with Crippen LogP contribution in [-0.2, 0) is 6.42 Å². The van der Waals surface area contributed by atoms with Crippen LogP contribution in [0.4, 0.5) is 0 Å². The van der Waals surface area contributed by atoms with E-state index in [0.717, 1.165) is 24.1 Å². The van der Waals surface area contributed by atoms with E-state index in [4.69, 9.17) is 0 Å². The molecule has 0 saturated heterocycles. The van der Waals surface area contributed by atoms with E-state index in [2.05, 4.69) is 4.98 Å². The van der Waals surface area contributed by atoms with Crippen LogP contribution in [0.3, 0.4) is 0 Å². The minimum absolute atomic E-state index is 0.198. The Morgan fingerprint density at radius 2 is 2.23 bits per heavy atom. The summed E-state index contributed by atoms with van der Waals surface area (Å²) in [7, 11) is 0. The normalized spacial score (nSPS) is 19.7. The number of aryl methyl sites for hydroxylation is 1. The molecule has 0 saturated carbocycles. The monoisotopic (exact) mass is 175 g/mol. The smallest absolute Gasteiger partial charge is 0.170 e. The van der Waals surface area contributed by atoms with Crippen molar-refractivity contribution in [3.8, 4) is 0 Å². The molecule has 0 aromatic carbocycles. The molecule has 0 atom stereocenters. The summed E-state index contributed by atoms with van der Waals surface area (Å²) in [6, 6.07) is 3.71. The Hall–Kier alpha value is -1.18. The van der Waals surface area contributed by atoms with Crippen molar-refractivity contribution in [3.63, 3.8) is 0 Å². The summed E-state index contributed by atoms with van der Waals surface area (Å²) in [4.78, 5) is 16.1. The number of Topliss-reactive ketones (excluding diaryl/α,β-unsaturated/α-hetero) is 1. The maximum Gasteiger partial charge on any atom is 0.170 e. The highest BCUT2D eigenvalue weighted by Gasteiger charge is 2.34. The number of hydrogen-bond acceptors (Lipinski definition) is 2. The van der Waals surface area contributed by atoms with E-state index in [9.17, 15) is 4.79 Å². The van der Waals surface area contributed by atoms with Crippen molar-refractivity contribution in [3.05, 3.63) is 29.6 Å². The van der Waals surface area contributed by atoms with Crippen molar-refractivity contribution < 1.29 is 4.79 Å². The first-order valence-electron chi connectivity index (χ1n) is 4.60. The number of carbonyl (C=O) groups is 1. The zero-order chi connectivity index (χ0) is 9.47. The van der Waals surface area contributed by atoms with Gasteiger partial charge < -0.3 is 0 Å². The first-order chi connectivity index (χ1) is 6.11. The summed E-state index contributed by atoms with van der Waals surface area (Å²) in [5.74, 6) is 0.238. The maximum atomic E-state index is 11.9. The minimum Gasteiger partial charge on any atom is -0.294 e. The SMILES string of the molecule is CC1(C)CCc2ncccc2C1=O. The van der Waals surface area contributed by atoms with Gasteiger partial charge in [0.25, 0.3) is 0 Å². The highest BCUT2D eigenvalue weighted by molar-refractivity contribution is 6.01. The molecular formula is C11H13NO. The number of fused-ring (bicyclic) bond motifs is 1. The number of nitrogens with zero attached hydrogens (tertiary/aromatic N) is 1. The third kappa shape index (κ3) is 1.26. The van der Waals surface area contributed by atoms with E-state index in [0.29, 0.717) is 0 Å². The van der Waals surface area contributed by atoms with Gasteiger partial charge in [0.15, 0.2) is 5.78 Å². The number of aromatic nitrogens is 1. The van der Waals surface area contributed by atoms with Crippen LogP contribution in [0, 0.1) is 5.41 Å². The average molecular weight is 175 g/mol. The molecule has 68 valence electrons. The van der Waals surface area contributed by atoms with Crippen molar-refractivity contribution in [2.75, 3.05) is 0 Å². The molecule has 1 heterocycles. The number of pyridine rings is 1. The lowest BCUT2D eigenvalue weighted by Crippen LogP contribution is -2.30. The quantitative estimate of drug-likeness (QED) is 0.605. The van der Waals surface area contributed by atoms with Crippen LogP contribution in [0.25, 0.3) is 0 Å². The van der Waals surface area contributed by atoms with Crippen LogP contribution < -0.4 is 0 Å². The molecule has 2 rings (SSSR count). The molecule has 0 fully saturated rings. The lowest BCUT2D eigenvalue weighted by atomic mass is 9.75. The van der Waals surface area contributed by atoms with Crippen molar-refractivity contribution in [1.29, 1.82) is 0 Å². The summed E-state index contributed by atoms with van der Waals surface area (Å²) < 4.78 is 0. The Labute approximate surface area is 78.0 Å². The summed E-state index contributed by atoms with van der Waals surface area (Å²) in [5, 5.41) is 0. The summed E-state index contributed by atoms with van der Waals surface area (Å²) in [6.07, 6.45) is 3.59. The second-order valence-corrected chi connectivity index (χ2v) is 4.21. The molecule has 0 N–H and O–H groups in total. The topological polar surface area (TPSA) is 30.0 Å². The zero-order valence-corrected chi connectivity index (χ0v) is 8.00. The third-order valence-electron chi connectivity index (χ3n) is 2.74. The molecule has 2 nitrogen and oxygen atoms in total. The van der Waals surface area contributed by atoms with Crippen LogP contribution in [0.5, 0.6) is 0 Å². The number of carbonyl (C=O) groups excluding carboxylic acids is 1. The third-order valence-corrected chi connectivity index (χ3v) is 2.74. The van der Waals surface area contributed by atoms with Gasteiger partial charge in [0, 0.05) is 17.2 Å². The summed E-state index contributed by atoms with van der Waals surface area (Å²) in [6.45, 7) is 4.01. The van der Waals surface area contributed by atoms with Gasteiger partial charge in [0.05, 0.1) is 5.69 Å². The molecule has 0 unspecified atom stereocenters. The van der Waals surface area contributed by atoms with E-state index in [1.807, 2.05) is 26.0 Å². The largest absolute Gasteiger partial charge is 0.294 e. The first kappa shape index (κ1) is 8.42. The van der Waals surface area contributed by atoms with E-state index < -0.39 is 0 Å². The van der Waals surface area contributed by atoms with Gasteiger partial charge in [0.1, 0.15) is 0 Å². The Morgan fingerprint density at radius 1 is 1.46 bits per heavy atom. The molecule has 1 aliphatic rings. The second-order valence-electron chi connectivity index (χ2n) is 4.21. The molecule has 1 aromatic heterocycles. The van der Waals surface area contributed by atoms with E-state index in [1.54, 1.807) is 6.20 Å². The fourth-order valence-electron chi connectivity index (χ4n) is 1.75. The molecule has 0 bridgehead atoms. The fourth-order valence-corrected chi connectivity index (χ4v) is 1.75. The van der Waals surface area contributed by atoms with Gasteiger partial charge >= 0.3 is 0 Å². The Kier molecular flexibility index (Phi) is 1.72. The van der Waals surface area contributed by atoms with Crippen LogP contribution >= 0.6 is 0 Å². The van der Waals surface area contributed by atoms with Crippen molar-refractivity contribution in [1.82, 2.24) is 4.98 Å². The lowest BCUT2D eigenvalue weighted by Gasteiger charge is -2.28. The van der Waals surface area contributed by atoms with Crippen LogP contribution in [0.1, 0.15) is 36.3 Å². The Morgan fingerprint density at radius 3 is 3.00 bits per heavy atom. The zero-order valence-electron chi connectivity index (χ0n) is 8.00. The molecule has 0 spiro atoms. The number of ketones is 1. The predicted octanol–water partition coefficient (Wildman–Crippen LogP) is 2.24. The van der Waals surface area contributed by atoms with E-state index in [-0.39, 0.29) is 11.2 Å². The van der Waals surface area contributed by atoms with Crippen LogP contribution in [0.2, 0.25) is 0 Å². The van der Waals surface area contributed by atoms with Gasteiger partial charge in [-0.1, -0.05) is 13.8 Å². The first-order valence-corrected chi connectivity index (χ1v) is 4.60. The molecule has 1 aliphatic carbocycles. The molecule has 0 radical (unpaired) electrons. The van der Waals surface area contributed by atoms with Crippen molar-refractivity contribution in [2.45, 2.75) is 26.7 Å². The van der Waals surface area contributed by atoms with Gasteiger partial charge in [-0.3, -0.25) is 9.78 Å². The Bertz CT molecular complexity index is 355. The predicted molar refractivity (Wildman–Crippen MR) is 50.7 cm³/mol. The standard InChI is InChI=1S/C11H13NO/c1-11(2)6-5-9-8(10(11)13)4-3-7-12-9/h3-4,7H,5-6H2,1-2H3. The van der Waals surface area contributed by atoms with Crippen molar-refractivity contribution >= 4 is 5.78 Å². The van der Waals surface area contributed by atoms with Gasteiger partial charge in [-0.25, -0.2) is 0 Å². The number of hydrogen-bond donors (Lipinski definition) is 0. The summed E-state index contributed by atoms with van der Waals surface area (Å²) >= 11 is 0.